The van der Waals surface area contributed by atoms with Crippen LogP contribution in [0.2, 0.25) is 5.02 Å². The van der Waals surface area contributed by atoms with Crippen molar-refractivity contribution in [2.75, 3.05) is 5.32 Å². The van der Waals surface area contributed by atoms with Crippen LogP contribution in [0.15, 0.2) is 18.2 Å². The zero-order valence-electron chi connectivity index (χ0n) is 13.5. The molecule has 1 aliphatic rings. The Morgan fingerprint density at radius 1 is 1.40 bits per heavy atom. The van der Waals surface area contributed by atoms with Crippen LogP contribution in [0.5, 0.6) is 0 Å². The topological polar surface area (TPSA) is 102 Å². The molecule has 0 atom stereocenters. The average molecular weight is 380 g/mol. The summed E-state index contributed by atoms with van der Waals surface area (Å²) in [5.41, 5.74) is -0.0149. The summed E-state index contributed by atoms with van der Waals surface area (Å²) in [5, 5.41) is 14.1. The molecule has 25 heavy (non-hydrogen) atoms. The van der Waals surface area contributed by atoms with Gasteiger partial charge in [0, 0.05) is 17.5 Å². The number of benzene rings is 1. The third-order valence-electron chi connectivity index (χ3n) is 3.86. The smallest absolute Gasteiger partial charge is 0.283 e. The number of nitro groups is 1. The second-order valence-corrected chi connectivity index (χ2v) is 8.04. The molecule has 1 aliphatic carbocycles. The summed E-state index contributed by atoms with van der Waals surface area (Å²) in [7, 11) is 0. The van der Waals surface area contributed by atoms with Gasteiger partial charge in [-0.05, 0) is 24.0 Å². The number of hydrogen-bond acceptors (Lipinski definition) is 6. The highest BCUT2D eigenvalue weighted by Crippen LogP contribution is 2.38. The van der Waals surface area contributed by atoms with Gasteiger partial charge >= 0.3 is 0 Å². The minimum atomic E-state index is -0.667. The van der Waals surface area contributed by atoms with Crippen molar-refractivity contribution in [2.24, 2.45) is 5.41 Å². The molecule has 1 aromatic carbocycles. The number of nitro benzene ring substituents is 1. The Balaban J connectivity index is 1.89. The fraction of sp³-hybridized carbons (Fsp3) is 0.312. The van der Waals surface area contributed by atoms with Crippen molar-refractivity contribution in [1.29, 1.82) is 0 Å². The molecule has 0 fully saturated rings. The van der Waals surface area contributed by atoms with E-state index in [1.165, 1.54) is 12.1 Å². The third kappa shape index (κ3) is 3.54. The Bertz CT molecular complexity index is 907. The molecule has 0 bridgehead atoms. The van der Waals surface area contributed by atoms with Crippen molar-refractivity contribution in [3.8, 4) is 0 Å². The number of nitrogens with zero attached hydrogens (tertiary/aromatic N) is 2. The van der Waals surface area contributed by atoms with E-state index in [0.717, 1.165) is 17.4 Å². The lowest BCUT2D eigenvalue weighted by atomic mass is 9.78. The monoisotopic (exact) mass is 379 g/mol. The first-order chi connectivity index (χ1) is 11.7. The first-order valence-electron chi connectivity index (χ1n) is 7.44. The molecule has 1 N–H and O–H groups in total. The van der Waals surface area contributed by atoms with Gasteiger partial charge in [-0.1, -0.05) is 36.8 Å². The molecule has 0 spiro atoms. The molecule has 0 aliphatic heterocycles. The molecule has 0 saturated carbocycles. The number of anilines is 1. The molecule has 130 valence electrons. The SMILES string of the molecule is CC1(C)CC(=O)c2sc(NC(=O)c3ccc(Cl)cc3[N+](=O)[O-])nc2C1. The van der Waals surface area contributed by atoms with Gasteiger partial charge in [0.15, 0.2) is 10.9 Å². The number of halogens is 1. The maximum absolute atomic E-state index is 12.4. The van der Waals surface area contributed by atoms with Gasteiger partial charge in [0.2, 0.25) is 0 Å². The first-order valence-corrected chi connectivity index (χ1v) is 8.64. The van der Waals surface area contributed by atoms with Gasteiger partial charge in [-0.25, -0.2) is 4.98 Å². The number of Topliss-reactive ketones (excluding diaryl/α,β-unsaturated/α-hetero) is 1. The number of ketones is 1. The van der Waals surface area contributed by atoms with Gasteiger partial charge in [-0.3, -0.25) is 25.0 Å². The van der Waals surface area contributed by atoms with E-state index in [9.17, 15) is 19.7 Å². The summed E-state index contributed by atoms with van der Waals surface area (Å²) in [6.45, 7) is 3.98. The van der Waals surface area contributed by atoms with Crippen molar-refractivity contribution >= 4 is 45.4 Å². The van der Waals surface area contributed by atoms with Crippen molar-refractivity contribution < 1.29 is 14.5 Å². The van der Waals surface area contributed by atoms with E-state index in [1.54, 1.807) is 0 Å². The number of amides is 1. The molecule has 0 unspecified atom stereocenters. The number of nitrogens with one attached hydrogen (secondary N) is 1. The van der Waals surface area contributed by atoms with E-state index >= 15 is 0 Å². The fourth-order valence-electron chi connectivity index (χ4n) is 2.79. The number of carbonyl (C=O) groups excluding carboxylic acids is 2. The number of aromatic nitrogens is 1. The van der Waals surface area contributed by atoms with Gasteiger partial charge in [-0.2, -0.15) is 0 Å². The zero-order chi connectivity index (χ0) is 18.4. The van der Waals surface area contributed by atoms with Crippen LogP contribution in [-0.4, -0.2) is 21.6 Å². The molecule has 1 aromatic heterocycles. The van der Waals surface area contributed by atoms with E-state index in [0.29, 0.717) is 23.4 Å². The molecular formula is C16H14ClN3O4S. The van der Waals surface area contributed by atoms with Crippen LogP contribution in [0.3, 0.4) is 0 Å². The van der Waals surface area contributed by atoms with Crippen LogP contribution < -0.4 is 5.32 Å². The molecule has 1 amide bonds. The van der Waals surface area contributed by atoms with E-state index < -0.39 is 10.8 Å². The van der Waals surface area contributed by atoms with Gasteiger partial charge < -0.3 is 0 Å². The van der Waals surface area contributed by atoms with Gasteiger partial charge in [0.25, 0.3) is 11.6 Å². The van der Waals surface area contributed by atoms with Crippen LogP contribution >= 0.6 is 22.9 Å². The maximum Gasteiger partial charge on any atom is 0.283 e. The summed E-state index contributed by atoms with van der Waals surface area (Å²) in [6, 6.07) is 3.81. The average Bonchev–Trinajstić information content (AvgIpc) is 2.88. The molecule has 9 heteroatoms. The van der Waals surface area contributed by atoms with Crippen LogP contribution in [0.25, 0.3) is 0 Å². The quantitative estimate of drug-likeness (QED) is 0.638. The Morgan fingerprint density at radius 3 is 2.80 bits per heavy atom. The number of hydrogen-bond donors (Lipinski definition) is 1. The molecule has 7 nitrogen and oxygen atoms in total. The zero-order valence-corrected chi connectivity index (χ0v) is 15.0. The summed E-state index contributed by atoms with van der Waals surface area (Å²) in [5.74, 6) is -0.664. The van der Waals surface area contributed by atoms with Crippen LogP contribution in [-0.2, 0) is 6.42 Å². The highest BCUT2D eigenvalue weighted by atomic mass is 35.5. The number of carbonyl (C=O) groups is 2. The van der Waals surface area contributed by atoms with Gasteiger partial charge in [0.1, 0.15) is 5.56 Å². The van der Waals surface area contributed by atoms with E-state index in [4.69, 9.17) is 11.6 Å². The summed E-state index contributed by atoms with van der Waals surface area (Å²) in [6.07, 6.45) is 1.07. The van der Waals surface area contributed by atoms with Crippen molar-refractivity contribution in [3.05, 3.63) is 49.5 Å². The van der Waals surface area contributed by atoms with Crippen LogP contribution in [0.4, 0.5) is 10.8 Å². The minimum absolute atomic E-state index is 0.00159. The van der Waals surface area contributed by atoms with Crippen molar-refractivity contribution in [2.45, 2.75) is 26.7 Å². The predicted molar refractivity (Wildman–Crippen MR) is 94.6 cm³/mol. The molecule has 0 saturated heterocycles. The Hall–Kier alpha value is -2.32. The standard InChI is InChI=1S/C16H14ClN3O4S/c1-16(2)6-10-13(12(21)7-16)25-15(18-10)19-14(22)9-4-3-8(17)5-11(9)20(23)24/h3-5H,6-7H2,1-2H3,(H,18,19,22). The molecule has 2 aromatic rings. The van der Waals surface area contributed by atoms with E-state index in [2.05, 4.69) is 10.3 Å². The third-order valence-corrected chi connectivity index (χ3v) is 5.15. The molecule has 0 radical (unpaired) electrons. The van der Waals surface area contributed by atoms with Gasteiger partial charge in [0.05, 0.1) is 15.5 Å². The summed E-state index contributed by atoms with van der Waals surface area (Å²) < 4.78 is 0. The van der Waals surface area contributed by atoms with Crippen LogP contribution in [0.1, 0.15) is 46.0 Å². The lowest BCUT2D eigenvalue weighted by molar-refractivity contribution is -0.385. The lowest BCUT2D eigenvalue weighted by Crippen LogP contribution is -2.26. The van der Waals surface area contributed by atoms with Crippen molar-refractivity contribution in [3.63, 3.8) is 0 Å². The second-order valence-electron chi connectivity index (χ2n) is 6.61. The highest BCUT2D eigenvalue weighted by molar-refractivity contribution is 7.17. The second kappa shape index (κ2) is 6.20. The largest absolute Gasteiger partial charge is 0.298 e. The Kier molecular flexibility index (Phi) is 4.34. The summed E-state index contributed by atoms with van der Waals surface area (Å²) in [4.78, 5) is 39.9. The number of rotatable bonds is 3. The van der Waals surface area contributed by atoms with Crippen molar-refractivity contribution in [1.82, 2.24) is 4.98 Å². The van der Waals surface area contributed by atoms with E-state index in [-0.39, 0.29) is 32.6 Å². The Morgan fingerprint density at radius 2 is 2.12 bits per heavy atom. The molecule has 1 heterocycles. The number of fused-ring (bicyclic) bond motifs is 1. The number of thiazole rings is 1. The maximum atomic E-state index is 12.4. The lowest BCUT2D eigenvalue weighted by Gasteiger charge is -2.26. The molecular weight excluding hydrogens is 366 g/mol. The van der Waals surface area contributed by atoms with E-state index in [1.807, 2.05) is 13.8 Å². The predicted octanol–water partition coefficient (Wildman–Crippen LogP) is 4.11. The fourth-order valence-corrected chi connectivity index (χ4v) is 3.87. The van der Waals surface area contributed by atoms with Crippen LogP contribution in [0, 0.1) is 15.5 Å². The molecule has 3 rings (SSSR count). The first kappa shape index (κ1) is 17.5. The summed E-state index contributed by atoms with van der Waals surface area (Å²) >= 11 is 6.85. The highest BCUT2D eigenvalue weighted by Gasteiger charge is 2.34. The minimum Gasteiger partial charge on any atom is -0.298 e. The van der Waals surface area contributed by atoms with Gasteiger partial charge in [-0.15, -0.1) is 0 Å². The normalized spacial score (nSPS) is 15.6. The Labute approximate surface area is 152 Å².